The first kappa shape index (κ1) is 14.3. The Bertz CT molecular complexity index is 371. The molecule has 0 amide bonds. The maximum atomic E-state index is 5.47. The largest absolute Gasteiger partial charge is 0.382 e. The summed E-state index contributed by atoms with van der Waals surface area (Å²) < 4.78 is 6.15. The Morgan fingerprint density at radius 1 is 1.11 bits per heavy atom. The van der Waals surface area contributed by atoms with E-state index in [1.165, 1.54) is 22.3 Å². The highest BCUT2D eigenvalue weighted by Gasteiger charge is 2.17. The van der Waals surface area contributed by atoms with E-state index in [9.17, 15) is 0 Å². The van der Waals surface area contributed by atoms with Crippen molar-refractivity contribution in [3.63, 3.8) is 0 Å². The van der Waals surface area contributed by atoms with Crippen LogP contribution < -0.4 is 0 Å². The molecule has 18 heavy (non-hydrogen) atoms. The van der Waals surface area contributed by atoms with Crippen LogP contribution in [0.1, 0.15) is 35.6 Å². The minimum Gasteiger partial charge on any atom is -0.382 e. The maximum Gasteiger partial charge on any atom is 0.0531 e. The summed E-state index contributed by atoms with van der Waals surface area (Å²) in [4.78, 5) is 0. The van der Waals surface area contributed by atoms with Crippen LogP contribution >= 0.6 is 23.5 Å². The van der Waals surface area contributed by atoms with Crippen LogP contribution in [0.4, 0.5) is 0 Å². The van der Waals surface area contributed by atoms with Gasteiger partial charge in [-0.25, -0.2) is 0 Å². The number of aryl methyl sites for hydroxylation is 2. The molecule has 3 heteroatoms. The first-order chi connectivity index (χ1) is 8.70. The number of benzene rings is 1. The lowest BCUT2D eigenvalue weighted by molar-refractivity contribution is 0.148. The Morgan fingerprint density at radius 3 is 2.17 bits per heavy atom. The number of ether oxygens (including phenoxy) is 1. The van der Waals surface area contributed by atoms with Crippen LogP contribution in [-0.2, 0) is 16.2 Å². The smallest absolute Gasteiger partial charge is 0.0531 e. The van der Waals surface area contributed by atoms with E-state index in [1.807, 2.05) is 0 Å². The summed E-state index contributed by atoms with van der Waals surface area (Å²) in [6, 6.07) is 4.76. The standard InChI is InChI=1S/C15H22OS2/c1-4-16-6-5-15-17-9-13-7-11(2)12(3)8-14(13)10-18-15/h7-8,15H,4-6,9-10H2,1-3H3. The van der Waals surface area contributed by atoms with Gasteiger partial charge < -0.3 is 4.74 Å². The molecule has 1 aliphatic rings. The molecule has 1 aromatic carbocycles. The molecule has 0 N–H and O–H groups in total. The fourth-order valence-electron chi connectivity index (χ4n) is 2.11. The second-order valence-corrected chi connectivity index (χ2v) is 7.42. The Labute approximate surface area is 119 Å². The van der Waals surface area contributed by atoms with Crippen molar-refractivity contribution in [3.05, 3.63) is 34.4 Å². The Balaban J connectivity index is 1.98. The highest BCUT2D eigenvalue weighted by Crippen LogP contribution is 2.38. The Hall–Kier alpha value is -0.120. The zero-order chi connectivity index (χ0) is 13.0. The minimum absolute atomic E-state index is 0.685. The quantitative estimate of drug-likeness (QED) is 0.751. The zero-order valence-electron chi connectivity index (χ0n) is 11.5. The SMILES string of the molecule is CCOCCC1SCc2cc(C)c(C)cc2CS1. The maximum absolute atomic E-state index is 5.47. The number of thioether (sulfide) groups is 2. The van der Waals surface area contributed by atoms with E-state index in [2.05, 4.69) is 56.4 Å². The molecule has 1 aliphatic heterocycles. The molecule has 0 aliphatic carbocycles. The van der Waals surface area contributed by atoms with Crippen LogP contribution in [0.25, 0.3) is 0 Å². The van der Waals surface area contributed by atoms with E-state index in [-0.39, 0.29) is 0 Å². The van der Waals surface area contributed by atoms with Gasteiger partial charge >= 0.3 is 0 Å². The highest BCUT2D eigenvalue weighted by molar-refractivity contribution is 8.16. The van der Waals surface area contributed by atoms with Gasteiger partial charge in [-0.1, -0.05) is 12.1 Å². The van der Waals surface area contributed by atoms with Gasteiger partial charge in [0.2, 0.25) is 0 Å². The Kier molecular flexibility index (Phi) is 5.46. The molecule has 0 bridgehead atoms. The van der Waals surface area contributed by atoms with Crippen LogP contribution in [0, 0.1) is 13.8 Å². The monoisotopic (exact) mass is 282 g/mol. The van der Waals surface area contributed by atoms with E-state index < -0.39 is 0 Å². The number of fused-ring (bicyclic) bond motifs is 1. The van der Waals surface area contributed by atoms with E-state index in [1.54, 1.807) is 0 Å². The van der Waals surface area contributed by atoms with Crippen LogP contribution in [0.5, 0.6) is 0 Å². The van der Waals surface area contributed by atoms with Crippen molar-refractivity contribution >= 4 is 23.5 Å². The van der Waals surface area contributed by atoms with Crippen molar-refractivity contribution in [2.24, 2.45) is 0 Å². The van der Waals surface area contributed by atoms with Gasteiger partial charge in [0.1, 0.15) is 0 Å². The molecule has 0 saturated carbocycles. The topological polar surface area (TPSA) is 9.23 Å². The van der Waals surface area contributed by atoms with Crippen molar-refractivity contribution in [2.45, 2.75) is 43.3 Å². The lowest BCUT2D eigenvalue weighted by Crippen LogP contribution is -2.03. The molecule has 0 radical (unpaired) electrons. The second-order valence-electron chi connectivity index (χ2n) is 4.74. The summed E-state index contributed by atoms with van der Waals surface area (Å²) in [5.41, 5.74) is 5.92. The summed E-state index contributed by atoms with van der Waals surface area (Å²) in [7, 11) is 0. The van der Waals surface area contributed by atoms with Gasteiger partial charge in [0.05, 0.1) is 4.58 Å². The van der Waals surface area contributed by atoms with E-state index in [4.69, 9.17) is 4.74 Å². The molecule has 0 spiro atoms. The number of rotatable bonds is 4. The average Bonchev–Trinajstić information content (AvgIpc) is 2.54. The number of hydrogen-bond donors (Lipinski definition) is 0. The van der Waals surface area contributed by atoms with Gasteiger partial charge in [0.15, 0.2) is 0 Å². The van der Waals surface area contributed by atoms with Crippen molar-refractivity contribution in [3.8, 4) is 0 Å². The molecule has 1 nitrogen and oxygen atoms in total. The first-order valence-electron chi connectivity index (χ1n) is 6.60. The second kappa shape index (κ2) is 6.88. The predicted molar refractivity (Wildman–Crippen MR) is 83.4 cm³/mol. The predicted octanol–water partition coefficient (Wildman–Crippen LogP) is 4.54. The van der Waals surface area contributed by atoms with Crippen LogP contribution in [-0.4, -0.2) is 17.8 Å². The summed E-state index contributed by atoms with van der Waals surface area (Å²) in [6.45, 7) is 8.22. The van der Waals surface area contributed by atoms with Gasteiger partial charge in [-0.05, 0) is 49.4 Å². The molecule has 1 heterocycles. The van der Waals surface area contributed by atoms with Gasteiger partial charge in [0, 0.05) is 24.7 Å². The lowest BCUT2D eigenvalue weighted by atomic mass is 10.0. The number of hydrogen-bond acceptors (Lipinski definition) is 3. The van der Waals surface area contributed by atoms with Crippen LogP contribution in [0.2, 0.25) is 0 Å². The summed E-state index contributed by atoms with van der Waals surface area (Å²) in [6.07, 6.45) is 1.16. The first-order valence-corrected chi connectivity index (χ1v) is 8.70. The van der Waals surface area contributed by atoms with Crippen molar-refractivity contribution in [1.29, 1.82) is 0 Å². The summed E-state index contributed by atoms with van der Waals surface area (Å²) in [5, 5.41) is 0. The zero-order valence-corrected chi connectivity index (χ0v) is 13.1. The molecule has 0 atom stereocenters. The minimum atomic E-state index is 0.685. The van der Waals surface area contributed by atoms with Gasteiger partial charge in [-0.15, -0.1) is 23.5 Å². The third-order valence-electron chi connectivity index (χ3n) is 3.37. The normalized spacial score (nSPS) is 16.4. The van der Waals surface area contributed by atoms with Crippen molar-refractivity contribution in [2.75, 3.05) is 13.2 Å². The fourth-order valence-corrected chi connectivity index (χ4v) is 4.70. The van der Waals surface area contributed by atoms with E-state index in [0.29, 0.717) is 4.58 Å². The van der Waals surface area contributed by atoms with E-state index >= 15 is 0 Å². The molecule has 0 saturated heterocycles. The van der Waals surface area contributed by atoms with Gasteiger partial charge in [-0.3, -0.25) is 0 Å². The average molecular weight is 282 g/mol. The molecule has 2 rings (SSSR count). The molecule has 1 aromatic rings. The van der Waals surface area contributed by atoms with Crippen molar-refractivity contribution < 1.29 is 4.74 Å². The van der Waals surface area contributed by atoms with Gasteiger partial charge in [-0.2, -0.15) is 0 Å². The molecular formula is C15H22OS2. The summed E-state index contributed by atoms with van der Waals surface area (Å²) >= 11 is 4.15. The highest BCUT2D eigenvalue weighted by atomic mass is 32.2. The fraction of sp³-hybridized carbons (Fsp3) is 0.600. The third-order valence-corrected chi connectivity index (χ3v) is 6.35. The lowest BCUT2D eigenvalue weighted by Gasteiger charge is -2.12. The van der Waals surface area contributed by atoms with Gasteiger partial charge in [0.25, 0.3) is 0 Å². The van der Waals surface area contributed by atoms with Crippen molar-refractivity contribution in [1.82, 2.24) is 0 Å². The van der Waals surface area contributed by atoms with E-state index in [0.717, 1.165) is 31.1 Å². The molecule has 0 aromatic heterocycles. The molecular weight excluding hydrogens is 260 g/mol. The molecule has 100 valence electrons. The molecule has 0 fully saturated rings. The van der Waals surface area contributed by atoms with Crippen LogP contribution in [0.15, 0.2) is 12.1 Å². The Morgan fingerprint density at radius 2 is 1.67 bits per heavy atom. The summed E-state index contributed by atoms with van der Waals surface area (Å²) in [5.74, 6) is 2.31. The third kappa shape index (κ3) is 3.69. The molecule has 0 unspecified atom stereocenters. The van der Waals surface area contributed by atoms with Crippen LogP contribution in [0.3, 0.4) is 0 Å².